The fraction of sp³-hybridized carbons (Fsp3) is 0.533. The summed E-state index contributed by atoms with van der Waals surface area (Å²) in [6.45, 7) is 2.32. The third kappa shape index (κ3) is 3.22. The Balaban J connectivity index is 1.95. The van der Waals surface area contributed by atoms with Gasteiger partial charge in [0.25, 0.3) is 0 Å². The van der Waals surface area contributed by atoms with Gasteiger partial charge >= 0.3 is 5.97 Å². The van der Waals surface area contributed by atoms with E-state index in [0.29, 0.717) is 11.5 Å². The third-order valence-corrected chi connectivity index (χ3v) is 6.38. The van der Waals surface area contributed by atoms with Gasteiger partial charge in [0.1, 0.15) is 0 Å². The molecule has 2 rings (SSSR count). The van der Waals surface area contributed by atoms with E-state index < -0.39 is 5.97 Å². The minimum atomic E-state index is -0.834. The maximum atomic E-state index is 10.8. The predicted octanol–water partition coefficient (Wildman–Crippen LogP) is 3.44. The molecule has 0 spiro atoms. The average molecular weight is 262 g/mol. The number of aromatic carboxylic acids is 1. The zero-order valence-electron chi connectivity index (χ0n) is 11.1. The highest BCUT2D eigenvalue weighted by molar-refractivity contribution is 6.37. The van der Waals surface area contributed by atoms with Crippen molar-refractivity contribution in [3.8, 4) is 0 Å². The van der Waals surface area contributed by atoms with Gasteiger partial charge in [-0.1, -0.05) is 43.5 Å². The molecule has 1 N–H and O–H groups in total. The minimum Gasteiger partial charge on any atom is -0.478 e. The Morgan fingerprint density at radius 2 is 1.83 bits per heavy atom. The third-order valence-electron chi connectivity index (χ3n) is 4.17. The SMILES string of the molecule is CC[SiH2]C1CCC(c2ccc(C(=O)O)cc2)CC1. The second-order valence-electron chi connectivity index (χ2n) is 5.43. The van der Waals surface area contributed by atoms with Gasteiger partial charge in [0.05, 0.1) is 5.56 Å². The van der Waals surface area contributed by atoms with Gasteiger partial charge in [-0.15, -0.1) is 0 Å². The van der Waals surface area contributed by atoms with Gasteiger partial charge in [0, 0.05) is 9.52 Å². The summed E-state index contributed by atoms with van der Waals surface area (Å²) in [4.78, 5) is 10.8. The van der Waals surface area contributed by atoms with Crippen LogP contribution >= 0.6 is 0 Å². The van der Waals surface area contributed by atoms with Gasteiger partial charge in [-0.25, -0.2) is 4.79 Å². The van der Waals surface area contributed by atoms with Gasteiger partial charge in [-0.2, -0.15) is 0 Å². The van der Waals surface area contributed by atoms with Crippen LogP contribution in [0.2, 0.25) is 11.6 Å². The van der Waals surface area contributed by atoms with E-state index in [4.69, 9.17) is 5.11 Å². The zero-order chi connectivity index (χ0) is 13.0. The molecule has 1 aliphatic carbocycles. The first kappa shape index (κ1) is 13.3. The van der Waals surface area contributed by atoms with E-state index in [1.807, 2.05) is 12.1 Å². The van der Waals surface area contributed by atoms with E-state index in [9.17, 15) is 4.79 Å². The standard InChI is InChI=1S/C15H22O2Si/c1-2-18-14-9-7-12(8-10-14)11-3-5-13(6-4-11)15(16)17/h3-6,12,14H,2,7-10,18H2,1H3,(H,16,17). The number of rotatable bonds is 4. The Labute approximate surface area is 111 Å². The average Bonchev–Trinajstić information content (AvgIpc) is 2.40. The highest BCUT2D eigenvalue weighted by atomic mass is 28.2. The molecule has 0 aromatic heterocycles. The van der Waals surface area contributed by atoms with E-state index >= 15 is 0 Å². The Hall–Kier alpha value is -1.09. The van der Waals surface area contributed by atoms with Crippen LogP contribution in [0.15, 0.2) is 24.3 Å². The number of hydrogen-bond donors (Lipinski definition) is 1. The van der Waals surface area contributed by atoms with Crippen LogP contribution in [-0.4, -0.2) is 20.6 Å². The normalized spacial score (nSPS) is 24.5. The van der Waals surface area contributed by atoms with Crippen molar-refractivity contribution in [3.63, 3.8) is 0 Å². The van der Waals surface area contributed by atoms with E-state index in [-0.39, 0.29) is 9.52 Å². The molecule has 1 aromatic rings. The lowest BCUT2D eigenvalue weighted by molar-refractivity contribution is 0.0697. The summed E-state index contributed by atoms with van der Waals surface area (Å²) in [7, 11) is 0.178. The zero-order valence-corrected chi connectivity index (χ0v) is 12.5. The van der Waals surface area contributed by atoms with Gasteiger partial charge in [0.15, 0.2) is 0 Å². The Kier molecular flexibility index (Phi) is 4.58. The van der Waals surface area contributed by atoms with Gasteiger partial charge in [0.2, 0.25) is 0 Å². The maximum Gasteiger partial charge on any atom is 0.335 e. The lowest BCUT2D eigenvalue weighted by atomic mass is 9.83. The van der Waals surface area contributed by atoms with Crippen LogP contribution in [0.1, 0.15) is 54.4 Å². The van der Waals surface area contributed by atoms with E-state index in [1.54, 1.807) is 12.1 Å². The van der Waals surface area contributed by atoms with Crippen LogP contribution in [0.4, 0.5) is 0 Å². The molecule has 1 aromatic carbocycles. The van der Waals surface area contributed by atoms with Crippen LogP contribution in [0.3, 0.4) is 0 Å². The van der Waals surface area contributed by atoms with Crippen molar-refractivity contribution < 1.29 is 9.90 Å². The molecule has 3 heteroatoms. The minimum absolute atomic E-state index is 0.178. The molecule has 0 bridgehead atoms. The summed E-state index contributed by atoms with van der Waals surface area (Å²) in [5.74, 6) is -0.172. The molecule has 0 radical (unpaired) electrons. The van der Waals surface area contributed by atoms with Gasteiger partial charge < -0.3 is 5.11 Å². The summed E-state index contributed by atoms with van der Waals surface area (Å²) in [6.07, 6.45) is 5.38. The molecule has 1 aliphatic rings. The van der Waals surface area contributed by atoms with Crippen molar-refractivity contribution in [2.45, 2.75) is 50.1 Å². The van der Waals surface area contributed by atoms with Crippen molar-refractivity contribution >= 4 is 15.5 Å². The molecule has 0 heterocycles. The molecule has 0 saturated heterocycles. The molecule has 1 fully saturated rings. The molecular formula is C15H22O2Si. The molecule has 0 aliphatic heterocycles. The highest BCUT2D eigenvalue weighted by Crippen LogP contribution is 2.38. The number of hydrogen-bond acceptors (Lipinski definition) is 1. The smallest absolute Gasteiger partial charge is 0.335 e. The lowest BCUT2D eigenvalue weighted by Crippen LogP contribution is -2.13. The summed E-state index contributed by atoms with van der Waals surface area (Å²) in [5, 5.41) is 8.88. The highest BCUT2D eigenvalue weighted by Gasteiger charge is 2.21. The second-order valence-corrected chi connectivity index (χ2v) is 8.17. The van der Waals surface area contributed by atoms with E-state index in [0.717, 1.165) is 5.54 Å². The van der Waals surface area contributed by atoms with Crippen molar-refractivity contribution in [2.75, 3.05) is 0 Å². The summed E-state index contributed by atoms with van der Waals surface area (Å²) in [6, 6.07) is 8.93. The number of carboxylic acids is 1. The molecule has 1 saturated carbocycles. The van der Waals surface area contributed by atoms with Crippen LogP contribution in [0.25, 0.3) is 0 Å². The second kappa shape index (κ2) is 6.18. The Morgan fingerprint density at radius 1 is 1.22 bits per heavy atom. The quantitative estimate of drug-likeness (QED) is 0.844. The predicted molar refractivity (Wildman–Crippen MR) is 77.4 cm³/mol. The largest absolute Gasteiger partial charge is 0.478 e. The fourth-order valence-electron chi connectivity index (χ4n) is 3.09. The summed E-state index contributed by atoms with van der Waals surface area (Å²) >= 11 is 0. The van der Waals surface area contributed by atoms with Crippen molar-refractivity contribution in [2.24, 2.45) is 0 Å². The first-order chi connectivity index (χ1) is 8.70. The topological polar surface area (TPSA) is 37.3 Å². The van der Waals surface area contributed by atoms with E-state index in [2.05, 4.69) is 6.92 Å². The molecule has 0 atom stereocenters. The number of carbonyl (C=O) groups is 1. The van der Waals surface area contributed by atoms with Gasteiger partial charge in [-0.05, 0) is 36.5 Å². The summed E-state index contributed by atoms with van der Waals surface area (Å²) < 4.78 is 0. The maximum absolute atomic E-state index is 10.8. The first-order valence-electron chi connectivity index (χ1n) is 7.04. The van der Waals surface area contributed by atoms with Crippen LogP contribution in [-0.2, 0) is 0 Å². The van der Waals surface area contributed by atoms with Gasteiger partial charge in [-0.3, -0.25) is 0 Å². The molecule has 0 unspecified atom stereocenters. The fourth-order valence-corrected chi connectivity index (χ4v) is 4.96. The van der Waals surface area contributed by atoms with E-state index in [1.165, 1.54) is 37.3 Å². The monoisotopic (exact) mass is 262 g/mol. The molecule has 98 valence electrons. The number of benzene rings is 1. The van der Waals surface area contributed by atoms with Crippen LogP contribution in [0.5, 0.6) is 0 Å². The van der Waals surface area contributed by atoms with Crippen molar-refractivity contribution in [1.29, 1.82) is 0 Å². The summed E-state index contributed by atoms with van der Waals surface area (Å²) in [5.41, 5.74) is 2.78. The van der Waals surface area contributed by atoms with Crippen LogP contribution in [0, 0.1) is 0 Å². The number of carboxylic acid groups (broad SMARTS) is 1. The molecule has 18 heavy (non-hydrogen) atoms. The Bertz CT molecular complexity index is 391. The molecule has 2 nitrogen and oxygen atoms in total. The molecule has 0 amide bonds. The Morgan fingerprint density at radius 3 is 2.33 bits per heavy atom. The lowest BCUT2D eigenvalue weighted by Gasteiger charge is -2.28. The first-order valence-corrected chi connectivity index (χ1v) is 8.85. The molecular weight excluding hydrogens is 240 g/mol. The van der Waals surface area contributed by atoms with Crippen LogP contribution < -0.4 is 0 Å². The van der Waals surface area contributed by atoms with Crippen molar-refractivity contribution in [3.05, 3.63) is 35.4 Å². The van der Waals surface area contributed by atoms with Crippen molar-refractivity contribution in [1.82, 2.24) is 0 Å².